The Bertz CT molecular complexity index is 2110. The van der Waals surface area contributed by atoms with Gasteiger partial charge in [0.2, 0.25) is 47.3 Å². The van der Waals surface area contributed by atoms with Crippen molar-refractivity contribution in [1.82, 2.24) is 42.1 Å². The second kappa shape index (κ2) is 29.9. The van der Waals surface area contributed by atoms with E-state index in [-0.39, 0.29) is 43.9 Å². The molecule has 1 aliphatic heterocycles. The van der Waals surface area contributed by atoms with Gasteiger partial charge in [-0.2, -0.15) is 12.6 Å². The van der Waals surface area contributed by atoms with Crippen LogP contribution in [0.2, 0.25) is 0 Å². The van der Waals surface area contributed by atoms with E-state index in [1.807, 2.05) is 6.92 Å². The molecule has 72 heavy (non-hydrogen) atoms. The molecular formula is C47H73N9O15S. The van der Waals surface area contributed by atoms with Crippen molar-refractivity contribution in [3.05, 3.63) is 35.4 Å². The molecule has 25 heteroatoms. The minimum absolute atomic E-state index is 0.0115. The first-order valence-electron chi connectivity index (χ1n) is 23.9. The number of fused-ring (bicyclic) bond motifs is 1. The summed E-state index contributed by atoms with van der Waals surface area (Å²) in [5.74, 6) is -12.8. The number of aliphatic hydroxyl groups excluding tert-OH is 1. The van der Waals surface area contributed by atoms with Crippen LogP contribution in [0, 0.1) is 17.8 Å². The van der Waals surface area contributed by atoms with E-state index in [4.69, 9.17) is 10.8 Å². The summed E-state index contributed by atoms with van der Waals surface area (Å²) in [6.07, 6.45) is -0.441. The van der Waals surface area contributed by atoms with Crippen LogP contribution in [0.3, 0.4) is 0 Å². The van der Waals surface area contributed by atoms with Gasteiger partial charge in [-0.25, -0.2) is 4.79 Å². The second-order valence-corrected chi connectivity index (χ2v) is 19.2. The fourth-order valence-corrected chi connectivity index (χ4v) is 7.90. The van der Waals surface area contributed by atoms with Gasteiger partial charge in [0.25, 0.3) is 0 Å². The molecule has 1 aromatic rings. The molecule has 1 aliphatic rings. The summed E-state index contributed by atoms with van der Waals surface area (Å²) < 4.78 is 0. The number of unbranched alkanes of at least 4 members (excludes halogenated alkanes) is 1. The first kappa shape index (κ1) is 61.8. The highest BCUT2D eigenvalue weighted by molar-refractivity contribution is 7.80. The molecule has 0 saturated heterocycles. The van der Waals surface area contributed by atoms with Crippen LogP contribution in [0.15, 0.2) is 24.3 Å². The summed E-state index contributed by atoms with van der Waals surface area (Å²) in [4.78, 5) is 146. The van der Waals surface area contributed by atoms with Gasteiger partial charge < -0.3 is 68.3 Å². The number of aliphatic carboxylic acids is 3. The minimum Gasteiger partial charge on any atom is -0.481 e. The van der Waals surface area contributed by atoms with Crippen LogP contribution in [0.25, 0.3) is 0 Å². The molecule has 13 N–H and O–H groups in total. The Morgan fingerprint density at radius 2 is 1.17 bits per heavy atom. The van der Waals surface area contributed by atoms with Crippen molar-refractivity contribution in [3.8, 4) is 0 Å². The zero-order valence-electron chi connectivity index (χ0n) is 41.8. The van der Waals surface area contributed by atoms with Crippen molar-refractivity contribution in [1.29, 1.82) is 0 Å². The lowest BCUT2D eigenvalue weighted by Crippen LogP contribution is -2.62. The average Bonchev–Trinajstić information content (AvgIpc) is 3.31. The summed E-state index contributed by atoms with van der Waals surface area (Å²) in [6, 6.07) is -5.48. The van der Waals surface area contributed by atoms with Gasteiger partial charge in [-0.05, 0) is 48.1 Å². The Kier molecular flexibility index (Phi) is 25.6. The maximum Gasteiger partial charge on any atom is 0.328 e. The molecule has 2 rings (SSSR count). The molecule has 0 bridgehead atoms. The fraction of sp³-hybridized carbons (Fsp3) is 0.638. The molecule has 0 aromatic heterocycles. The van der Waals surface area contributed by atoms with E-state index in [0.29, 0.717) is 18.4 Å². The Morgan fingerprint density at radius 3 is 1.68 bits per heavy atom. The number of rotatable bonds is 30. The van der Waals surface area contributed by atoms with Crippen LogP contribution in [-0.4, -0.2) is 157 Å². The van der Waals surface area contributed by atoms with Gasteiger partial charge in [0.15, 0.2) is 0 Å². The van der Waals surface area contributed by atoms with Crippen LogP contribution in [-0.2, 0) is 65.7 Å². The van der Waals surface area contributed by atoms with Gasteiger partial charge in [0.05, 0.1) is 19.1 Å². The monoisotopic (exact) mass is 1040 g/mol. The third-order valence-electron chi connectivity index (χ3n) is 11.8. The van der Waals surface area contributed by atoms with Gasteiger partial charge in [0.1, 0.15) is 48.3 Å². The minimum atomic E-state index is -1.73. The summed E-state index contributed by atoms with van der Waals surface area (Å²) in [5, 5.41) is 54.8. The van der Waals surface area contributed by atoms with Crippen molar-refractivity contribution < 1.29 is 73.2 Å². The van der Waals surface area contributed by atoms with E-state index < -0.39 is 151 Å². The van der Waals surface area contributed by atoms with E-state index >= 15 is 0 Å². The van der Waals surface area contributed by atoms with E-state index in [9.17, 15) is 68.1 Å². The number of benzene rings is 1. The number of carbonyl (C=O) groups is 11. The number of aliphatic hydroxyl groups is 1. The molecule has 402 valence electrons. The molecule has 1 aromatic carbocycles. The van der Waals surface area contributed by atoms with Crippen molar-refractivity contribution in [3.63, 3.8) is 0 Å². The fourth-order valence-electron chi connectivity index (χ4n) is 7.65. The standard InChI is InChI=1S/C47H73N9O15S/c1-8-9-14-29(40(63)52-32(21-57)47(70)71)49-43(66)34-18-26-12-10-11-13-27(26)20-56(34)46(69)33(22-72)53-41(64)30(17-23(2)3)51-44(67)37(24(4)5)55-45(68)38(25(6)7)54-42(65)31(19-36(60)61)50-39(62)28(48)15-16-35(58)59/h10-13,23-25,28-34,37-38,57,72H,8-9,14-22,48H2,1-7H3,(H,49,66)(H,50,62)(H,51,67)(H,52,63)(H,53,64)(H,54,65)(H,55,68)(H,58,59)(H,60,61)(H,70,71)/t28-,29-,30-,31-,32-,33-,34-,37-,38-/m0/s1. The number of nitrogens with one attached hydrogen (secondary N) is 7. The van der Waals surface area contributed by atoms with E-state index in [2.05, 4.69) is 49.8 Å². The topological polar surface area (TPSA) is 382 Å². The molecule has 1 heterocycles. The van der Waals surface area contributed by atoms with Crippen LogP contribution in [0.1, 0.15) is 105 Å². The van der Waals surface area contributed by atoms with E-state index in [1.165, 1.54) is 4.90 Å². The highest BCUT2D eigenvalue weighted by Crippen LogP contribution is 2.25. The van der Waals surface area contributed by atoms with Crippen LogP contribution in [0.4, 0.5) is 0 Å². The molecule has 0 radical (unpaired) electrons. The third kappa shape index (κ3) is 19.3. The number of carboxylic acid groups (broad SMARTS) is 3. The summed E-state index contributed by atoms with van der Waals surface area (Å²) >= 11 is 4.37. The van der Waals surface area contributed by atoms with Crippen LogP contribution >= 0.6 is 12.6 Å². The number of hydrogen-bond acceptors (Lipinski definition) is 14. The number of carbonyl (C=O) groups excluding carboxylic acids is 8. The molecule has 0 unspecified atom stereocenters. The molecule has 9 atom stereocenters. The predicted octanol–water partition coefficient (Wildman–Crippen LogP) is -1.44. The normalized spacial score (nSPS) is 16.6. The lowest BCUT2D eigenvalue weighted by Gasteiger charge is -2.38. The maximum atomic E-state index is 14.5. The molecule has 24 nitrogen and oxygen atoms in total. The highest BCUT2D eigenvalue weighted by atomic mass is 32.1. The highest BCUT2D eigenvalue weighted by Gasteiger charge is 2.41. The number of thiol groups is 1. The number of carboxylic acids is 3. The number of nitrogens with zero attached hydrogens (tertiary/aromatic N) is 1. The van der Waals surface area contributed by atoms with Gasteiger partial charge in [-0.3, -0.25) is 47.9 Å². The Balaban J connectivity index is 2.37. The van der Waals surface area contributed by atoms with Gasteiger partial charge in [-0.15, -0.1) is 0 Å². The molecule has 0 spiro atoms. The number of amides is 8. The average molecular weight is 1040 g/mol. The second-order valence-electron chi connectivity index (χ2n) is 18.8. The first-order valence-corrected chi connectivity index (χ1v) is 24.5. The first-order chi connectivity index (χ1) is 33.8. The van der Waals surface area contributed by atoms with Gasteiger partial charge in [0, 0.05) is 25.1 Å². The third-order valence-corrected chi connectivity index (χ3v) is 12.1. The van der Waals surface area contributed by atoms with E-state index in [1.54, 1.807) is 65.8 Å². The lowest BCUT2D eigenvalue weighted by atomic mass is 9.92. The van der Waals surface area contributed by atoms with Crippen molar-refractivity contribution in [2.45, 2.75) is 161 Å². The summed E-state index contributed by atoms with van der Waals surface area (Å²) in [7, 11) is 0. The quantitative estimate of drug-likeness (QED) is 0.0392. The molecule has 8 amide bonds. The number of hydrogen-bond donors (Lipinski definition) is 13. The summed E-state index contributed by atoms with van der Waals surface area (Å²) in [5.41, 5.74) is 7.20. The van der Waals surface area contributed by atoms with Gasteiger partial charge in [-0.1, -0.05) is 85.6 Å². The summed E-state index contributed by atoms with van der Waals surface area (Å²) in [6.45, 7) is 10.8. The van der Waals surface area contributed by atoms with Crippen molar-refractivity contribution in [2.24, 2.45) is 23.5 Å². The lowest BCUT2D eigenvalue weighted by molar-refractivity contribution is -0.146. The van der Waals surface area contributed by atoms with E-state index in [0.717, 1.165) is 5.56 Å². The molecular weight excluding hydrogens is 963 g/mol. The zero-order chi connectivity index (χ0) is 54.6. The zero-order valence-corrected chi connectivity index (χ0v) is 42.7. The Labute approximate surface area is 423 Å². The molecule has 0 saturated carbocycles. The Hall–Kier alpha value is -6.34. The maximum absolute atomic E-state index is 14.5. The van der Waals surface area contributed by atoms with Crippen molar-refractivity contribution >= 4 is 77.8 Å². The van der Waals surface area contributed by atoms with Gasteiger partial charge >= 0.3 is 17.9 Å². The smallest absolute Gasteiger partial charge is 0.328 e. The molecule has 0 aliphatic carbocycles. The largest absolute Gasteiger partial charge is 0.481 e. The van der Waals surface area contributed by atoms with Crippen LogP contribution < -0.4 is 43.0 Å². The number of nitrogens with two attached hydrogens (primary N) is 1. The molecule has 0 fully saturated rings. The SMILES string of the molecule is CCCC[C@H](NC(=O)[C@@H]1Cc2ccccc2CN1C(=O)[C@H](CS)NC(=O)[C@H](CC(C)C)NC(=O)[C@@H](NC(=O)[C@@H](NC(=O)[C@H](CC(=O)O)NC(=O)[C@@H](N)CCC(=O)O)C(C)C)C(C)C)C(=O)N[C@@H](CO)C(=O)O. The van der Waals surface area contributed by atoms with Crippen molar-refractivity contribution in [2.75, 3.05) is 12.4 Å². The Morgan fingerprint density at radius 1 is 0.653 bits per heavy atom. The predicted molar refractivity (Wildman–Crippen MR) is 262 cm³/mol. The van der Waals surface area contributed by atoms with Crippen LogP contribution in [0.5, 0.6) is 0 Å².